The number of rotatable bonds is 1. The second-order valence-electron chi connectivity index (χ2n) is 5.34. The molecule has 21 heavy (non-hydrogen) atoms. The Morgan fingerprint density at radius 2 is 1.95 bits per heavy atom. The molecule has 0 unspecified atom stereocenters. The van der Waals surface area contributed by atoms with Crippen molar-refractivity contribution in [1.82, 2.24) is 4.98 Å². The standard InChI is InChI=1S/C17H14BrN3/c18-13-7-11-3-2-6-16(17(11)20-8-13)21-9-12-4-1-5-15(19)14(12)10-21/h1-8H,9-10,19H2. The van der Waals surface area contributed by atoms with Crippen LogP contribution in [0.15, 0.2) is 53.1 Å². The lowest BCUT2D eigenvalue weighted by molar-refractivity contribution is 0.884. The van der Waals surface area contributed by atoms with Crippen molar-refractivity contribution >= 4 is 38.2 Å². The summed E-state index contributed by atoms with van der Waals surface area (Å²) in [5, 5.41) is 1.14. The minimum Gasteiger partial charge on any atom is -0.398 e. The highest BCUT2D eigenvalue weighted by atomic mass is 79.9. The van der Waals surface area contributed by atoms with Crippen LogP contribution in [0, 0.1) is 0 Å². The molecule has 0 spiro atoms. The summed E-state index contributed by atoms with van der Waals surface area (Å²) in [4.78, 5) is 6.93. The summed E-state index contributed by atoms with van der Waals surface area (Å²) in [5.74, 6) is 0. The fourth-order valence-corrected chi connectivity index (χ4v) is 3.34. The smallest absolute Gasteiger partial charge is 0.0936 e. The average molecular weight is 340 g/mol. The van der Waals surface area contributed by atoms with Crippen molar-refractivity contribution < 1.29 is 0 Å². The molecule has 1 aliphatic rings. The van der Waals surface area contributed by atoms with Gasteiger partial charge in [-0.15, -0.1) is 0 Å². The highest BCUT2D eigenvalue weighted by Gasteiger charge is 2.22. The van der Waals surface area contributed by atoms with E-state index in [2.05, 4.69) is 56.1 Å². The number of nitrogen functional groups attached to an aromatic ring is 1. The Hall–Kier alpha value is -2.07. The van der Waals surface area contributed by atoms with Gasteiger partial charge in [0, 0.05) is 34.8 Å². The van der Waals surface area contributed by atoms with Crippen molar-refractivity contribution in [3.63, 3.8) is 0 Å². The summed E-state index contributed by atoms with van der Waals surface area (Å²) >= 11 is 3.48. The minimum absolute atomic E-state index is 0.846. The minimum atomic E-state index is 0.846. The number of aromatic nitrogens is 1. The van der Waals surface area contributed by atoms with Crippen LogP contribution < -0.4 is 10.6 Å². The summed E-state index contributed by atoms with van der Waals surface area (Å²) in [6.07, 6.45) is 1.85. The molecule has 0 saturated heterocycles. The second kappa shape index (κ2) is 4.74. The quantitative estimate of drug-likeness (QED) is 0.678. The van der Waals surface area contributed by atoms with Gasteiger partial charge in [0.05, 0.1) is 11.2 Å². The van der Waals surface area contributed by atoms with E-state index in [1.807, 2.05) is 18.3 Å². The molecule has 0 fully saturated rings. The lowest BCUT2D eigenvalue weighted by Crippen LogP contribution is -2.15. The molecule has 4 heteroatoms. The number of nitrogens with zero attached hydrogens (tertiary/aromatic N) is 2. The van der Waals surface area contributed by atoms with Crippen LogP contribution >= 0.6 is 15.9 Å². The number of anilines is 2. The second-order valence-corrected chi connectivity index (χ2v) is 6.26. The lowest BCUT2D eigenvalue weighted by atomic mass is 10.1. The molecule has 0 bridgehead atoms. The molecule has 0 atom stereocenters. The van der Waals surface area contributed by atoms with Crippen molar-refractivity contribution in [2.45, 2.75) is 13.1 Å². The summed E-state index contributed by atoms with van der Waals surface area (Å²) in [7, 11) is 0. The van der Waals surface area contributed by atoms with Gasteiger partial charge < -0.3 is 10.6 Å². The Balaban J connectivity index is 1.81. The van der Waals surface area contributed by atoms with Crippen molar-refractivity contribution in [3.05, 3.63) is 64.3 Å². The number of benzene rings is 2. The van der Waals surface area contributed by atoms with E-state index in [0.717, 1.165) is 39.8 Å². The molecule has 3 aromatic rings. The molecule has 104 valence electrons. The summed E-state index contributed by atoms with van der Waals surface area (Å²) in [6, 6.07) is 14.6. The first-order valence-electron chi connectivity index (χ1n) is 6.88. The zero-order valence-corrected chi connectivity index (χ0v) is 13.0. The molecule has 0 amide bonds. The number of hydrogen-bond donors (Lipinski definition) is 1. The van der Waals surface area contributed by atoms with Gasteiger partial charge in [-0.25, -0.2) is 0 Å². The van der Waals surface area contributed by atoms with Crippen LogP contribution in [0.4, 0.5) is 11.4 Å². The summed E-state index contributed by atoms with van der Waals surface area (Å²) in [6.45, 7) is 1.73. The molecular weight excluding hydrogens is 326 g/mol. The lowest BCUT2D eigenvalue weighted by Gasteiger charge is -2.19. The molecule has 2 heterocycles. The average Bonchev–Trinajstić information content (AvgIpc) is 2.91. The van der Waals surface area contributed by atoms with Gasteiger partial charge in [0.1, 0.15) is 0 Å². The highest BCUT2D eigenvalue weighted by molar-refractivity contribution is 9.10. The first-order valence-corrected chi connectivity index (χ1v) is 7.67. The van der Waals surface area contributed by atoms with Crippen LogP contribution in [0.5, 0.6) is 0 Å². The molecule has 4 rings (SSSR count). The van der Waals surface area contributed by atoms with Gasteiger partial charge in [0.15, 0.2) is 0 Å². The Morgan fingerprint density at radius 1 is 1.10 bits per heavy atom. The molecule has 2 N–H and O–H groups in total. The third-order valence-corrected chi connectivity index (χ3v) is 4.45. The van der Waals surface area contributed by atoms with Crippen molar-refractivity contribution in [3.8, 4) is 0 Å². The van der Waals surface area contributed by atoms with Crippen LogP contribution in [0.2, 0.25) is 0 Å². The van der Waals surface area contributed by atoms with Gasteiger partial charge in [0.25, 0.3) is 0 Å². The predicted molar refractivity (Wildman–Crippen MR) is 90.2 cm³/mol. The zero-order chi connectivity index (χ0) is 14.4. The number of pyridine rings is 1. The van der Waals surface area contributed by atoms with E-state index in [1.165, 1.54) is 11.1 Å². The topological polar surface area (TPSA) is 42.1 Å². The van der Waals surface area contributed by atoms with Crippen molar-refractivity contribution in [2.75, 3.05) is 10.6 Å². The van der Waals surface area contributed by atoms with Gasteiger partial charge in [0.2, 0.25) is 0 Å². The Morgan fingerprint density at radius 3 is 2.81 bits per heavy atom. The largest absolute Gasteiger partial charge is 0.398 e. The maximum absolute atomic E-state index is 6.10. The van der Waals surface area contributed by atoms with E-state index in [9.17, 15) is 0 Å². The monoisotopic (exact) mass is 339 g/mol. The molecule has 1 aromatic heterocycles. The first-order chi connectivity index (χ1) is 10.2. The van der Waals surface area contributed by atoms with Crippen LogP contribution in [0.3, 0.4) is 0 Å². The van der Waals surface area contributed by atoms with Gasteiger partial charge in [-0.05, 0) is 45.3 Å². The van der Waals surface area contributed by atoms with Gasteiger partial charge in [-0.1, -0.05) is 24.3 Å². The third-order valence-electron chi connectivity index (χ3n) is 4.02. The molecule has 2 aromatic carbocycles. The van der Waals surface area contributed by atoms with E-state index >= 15 is 0 Å². The predicted octanol–water partition coefficient (Wildman–Crippen LogP) is 4.10. The fourth-order valence-electron chi connectivity index (χ4n) is 2.99. The molecule has 1 aliphatic heterocycles. The number of hydrogen-bond acceptors (Lipinski definition) is 3. The molecule has 3 nitrogen and oxygen atoms in total. The van der Waals surface area contributed by atoms with Gasteiger partial charge in [-0.3, -0.25) is 4.98 Å². The molecule has 0 aliphatic carbocycles. The first kappa shape index (κ1) is 12.7. The SMILES string of the molecule is Nc1cccc2c1CN(c1cccc3cc(Br)cnc13)C2. The van der Waals surface area contributed by atoms with E-state index in [1.54, 1.807) is 0 Å². The van der Waals surface area contributed by atoms with Crippen molar-refractivity contribution in [2.24, 2.45) is 0 Å². The van der Waals surface area contributed by atoms with E-state index in [4.69, 9.17) is 5.73 Å². The van der Waals surface area contributed by atoms with Gasteiger partial charge in [-0.2, -0.15) is 0 Å². The van der Waals surface area contributed by atoms with Crippen LogP contribution in [0.25, 0.3) is 10.9 Å². The van der Waals surface area contributed by atoms with Crippen LogP contribution in [-0.2, 0) is 13.1 Å². The van der Waals surface area contributed by atoms with Crippen LogP contribution in [-0.4, -0.2) is 4.98 Å². The molecular formula is C17H14BrN3. The maximum atomic E-state index is 6.10. The normalized spacial score (nSPS) is 13.7. The highest BCUT2D eigenvalue weighted by Crippen LogP contribution is 2.35. The van der Waals surface area contributed by atoms with Crippen molar-refractivity contribution in [1.29, 1.82) is 0 Å². The van der Waals surface area contributed by atoms with Gasteiger partial charge >= 0.3 is 0 Å². The molecule has 0 saturated carbocycles. The maximum Gasteiger partial charge on any atom is 0.0936 e. The Bertz CT molecular complexity index is 845. The van der Waals surface area contributed by atoms with Crippen LogP contribution in [0.1, 0.15) is 11.1 Å². The number of fused-ring (bicyclic) bond motifs is 2. The number of halogens is 1. The number of para-hydroxylation sites is 1. The summed E-state index contributed by atoms with van der Waals surface area (Å²) < 4.78 is 1.00. The Labute approximate surface area is 131 Å². The fraction of sp³-hybridized carbons (Fsp3) is 0.118. The zero-order valence-electron chi connectivity index (χ0n) is 11.4. The van der Waals surface area contributed by atoms with E-state index in [0.29, 0.717) is 0 Å². The third kappa shape index (κ3) is 2.07. The molecule has 0 radical (unpaired) electrons. The summed E-state index contributed by atoms with van der Waals surface area (Å²) in [5.41, 5.74) is 11.7. The van der Waals surface area contributed by atoms with E-state index < -0.39 is 0 Å². The van der Waals surface area contributed by atoms with E-state index in [-0.39, 0.29) is 0 Å². The Kier molecular flexibility index (Phi) is 2.86. The number of nitrogens with two attached hydrogens (primary N) is 1.